The third kappa shape index (κ3) is 1.97. The van der Waals surface area contributed by atoms with Crippen molar-refractivity contribution < 1.29 is 9.90 Å². The summed E-state index contributed by atoms with van der Waals surface area (Å²) in [6.07, 6.45) is 2.80. The van der Waals surface area contributed by atoms with E-state index in [1.165, 1.54) is 0 Å². The quantitative estimate of drug-likeness (QED) is 0.923. The lowest BCUT2D eigenvalue weighted by Gasteiger charge is -2.07. The van der Waals surface area contributed by atoms with Gasteiger partial charge in [0.05, 0.1) is 22.5 Å². The van der Waals surface area contributed by atoms with Crippen molar-refractivity contribution in [2.75, 3.05) is 0 Å². The standard InChI is InChI=1S/C13H13ClN2O2/c14-9-2-1-3-10-13(9)16(8-4-5-8)11(15-10)6-7-12(17)18/h1-3,8H,4-7H2,(H,17,18). The van der Waals surface area contributed by atoms with Crippen LogP contribution >= 0.6 is 11.6 Å². The molecule has 2 aromatic rings. The summed E-state index contributed by atoms with van der Waals surface area (Å²) < 4.78 is 2.13. The molecule has 94 valence electrons. The van der Waals surface area contributed by atoms with Crippen molar-refractivity contribution in [3.63, 3.8) is 0 Å². The number of nitrogens with zero attached hydrogens (tertiary/aromatic N) is 2. The van der Waals surface area contributed by atoms with Crippen LogP contribution in [0.1, 0.15) is 31.1 Å². The molecule has 1 aromatic carbocycles. The maximum Gasteiger partial charge on any atom is 0.303 e. The van der Waals surface area contributed by atoms with E-state index in [1.807, 2.05) is 18.2 Å². The average Bonchev–Trinajstić information content (AvgIpc) is 3.08. The Hall–Kier alpha value is -1.55. The highest BCUT2D eigenvalue weighted by molar-refractivity contribution is 6.35. The van der Waals surface area contributed by atoms with Gasteiger partial charge in [0.1, 0.15) is 5.82 Å². The first-order chi connectivity index (χ1) is 8.66. The molecule has 1 fully saturated rings. The van der Waals surface area contributed by atoms with E-state index in [1.54, 1.807) is 0 Å². The Morgan fingerprint density at radius 1 is 1.50 bits per heavy atom. The number of hydrogen-bond donors (Lipinski definition) is 1. The number of benzene rings is 1. The van der Waals surface area contributed by atoms with Gasteiger partial charge in [-0.15, -0.1) is 0 Å². The molecular formula is C13H13ClN2O2. The monoisotopic (exact) mass is 264 g/mol. The summed E-state index contributed by atoms with van der Waals surface area (Å²) in [5.41, 5.74) is 1.80. The van der Waals surface area contributed by atoms with Crippen LogP contribution in [0.5, 0.6) is 0 Å². The second-order valence-electron chi connectivity index (χ2n) is 4.63. The summed E-state index contributed by atoms with van der Waals surface area (Å²) in [7, 11) is 0. The number of carbonyl (C=O) groups is 1. The summed E-state index contributed by atoms with van der Waals surface area (Å²) in [6.45, 7) is 0. The van der Waals surface area contributed by atoms with Crippen molar-refractivity contribution in [3.8, 4) is 0 Å². The number of para-hydroxylation sites is 1. The predicted molar refractivity (Wildman–Crippen MR) is 69.0 cm³/mol. The largest absolute Gasteiger partial charge is 0.481 e. The van der Waals surface area contributed by atoms with E-state index < -0.39 is 5.97 Å². The first-order valence-electron chi connectivity index (χ1n) is 6.04. The van der Waals surface area contributed by atoms with E-state index in [0.717, 1.165) is 29.7 Å². The van der Waals surface area contributed by atoms with Gasteiger partial charge in [0.15, 0.2) is 0 Å². The fourth-order valence-corrected chi connectivity index (χ4v) is 2.54. The molecule has 0 saturated heterocycles. The van der Waals surface area contributed by atoms with Crippen LogP contribution in [0.15, 0.2) is 18.2 Å². The van der Waals surface area contributed by atoms with Gasteiger partial charge in [-0.3, -0.25) is 4.79 Å². The molecule has 1 aromatic heterocycles. The molecule has 1 aliphatic carbocycles. The molecule has 0 atom stereocenters. The number of imidazole rings is 1. The number of carboxylic acid groups (broad SMARTS) is 1. The molecule has 0 bridgehead atoms. The van der Waals surface area contributed by atoms with Crippen molar-refractivity contribution in [1.82, 2.24) is 9.55 Å². The molecule has 0 unspecified atom stereocenters. The Bertz CT molecular complexity index is 617. The van der Waals surface area contributed by atoms with E-state index in [9.17, 15) is 4.79 Å². The maximum absolute atomic E-state index is 10.7. The van der Waals surface area contributed by atoms with Crippen LogP contribution in [-0.4, -0.2) is 20.6 Å². The lowest BCUT2D eigenvalue weighted by Crippen LogP contribution is -2.05. The second-order valence-corrected chi connectivity index (χ2v) is 5.04. The van der Waals surface area contributed by atoms with Crippen molar-refractivity contribution >= 4 is 28.6 Å². The third-order valence-corrected chi connectivity index (χ3v) is 3.51. The van der Waals surface area contributed by atoms with E-state index in [-0.39, 0.29) is 6.42 Å². The van der Waals surface area contributed by atoms with Crippen LogP contribution < -0.4 is 0 Å². The number of hydrogen-bond acceptors (Lipinski definition) is 2. The van der Waals surface area contributed by atoms with E-state index in [0.29, 0.717) is 17.5 Å². The summed E-state index contributed by atoms with van der Waals surface area (Å²) in [5, 5.41) is 9.47. The molecule has 3 rings (SSSR count). The molecule has 4 nitrogen and oxygen atoms in total. The van der Waals surface area contributed by atoms with Crippen LogP contribution in [0.4, 0.5) is 0 Å². The fraction of sp³-hybridized carbons (Fsp3) is 0.385. The van der Waals surface area contributed by atoms with Gasteiger partial charge in [0, 0.05) is 12.5 Å². The number of fused-ring (bicyclic) bond motifs is 1. The van der Waals surface area contributed by atoms with Crippen LogP contribution in [0.2, 0.25) is 5.02 Å². The predicted octanol–water partition coefficient (Wildman–Crippen LogP) is 3.04. The maximum atomic E-state index is 10.7. The number of halogens is 1. The minimum absolute atomic E-state index is 0.105. The lowest BCUT2D eigenvalue weighted by atomic mass is 10.3. The van der Waals surface area contributed by atoms with Crippen LogP contribution in [0.25, 0.3) is 11.0 Å². The summed E-state index contributed by atoms with van der Waals surface area (Å²) in [4.78, 5) is 15.2. The Balaban J connectivity index is 2.09. The molecule has 0 spiro atoms. The molecule has 5 heteroatoms. The smallest absolute Gasteiger partial charge is 0.303 e. The van der Waals surface area contributed by atoms with Crippen LogP contribution in [0.3, 0.4) is 0 Å². The van der Waals surface area contributed by atoms with Gasteiger partial charge in [-0.25, -0.2) is 4.98 Å². The van der Waals surface area contributed by atoms with Crippen LogP contribution in [0, 0.1) is 0 Å². The third-order valence-electron chi connectivity index (χ3n) is 3.21. The average molecular weight is 265 g/mol. The Morgan fingerprint density at radius 2 is 2.28 bits per heavy atom. The molecule has 1 saturated carbocycles. The topological polar surface area (TPSA) is 55.1 Å². The highest BCUT2D eigenvalue weighted by Crippen LogP contribution is 2.40. The summed E-state index contributed by atoms with van der Waals surface area (Å²) in [5.74, 6) is 0.0403. The van der Waals surface area contributed by atoms with Gasteiger partial charge in [-0.05, 0) is 25.0 Å². The molecule has 0 amide bonds. The van der Waals surface area contributed by atoms with Gasteiger partial charge < -0.3 is 9.67 Å². The number of aromatic nitrogens is 2. The summed E-state index contributed by atoms with van der Waals surface area (Å²) >= 11 is 6.23. The lowest BCUT2D eigenvalue weighted by molar-refractivity contribution is -0.137. The summed E-state index contributed by atoms with van der Waals surface area (Å²) in [6, 6.07) is 6.09. The zero-order valence-corrected chi connectivity index (χ0v) is 10.5. The molecule has 1 aliphatic rings. The first kappa shape index (κ1) is 11.5. The van der Waals surface area contributed by atoms with Crippen LogP contribution in [-0.2, 0) is 11.2 Å². The highest BCUT2D eigenvalue weighted by Gasteiger charge is 2.29. The van der Waals surface area contributed by atoms with Crippen molar-refractivity contribution in [3.05, 3.63) is 29.0 Å². The number of aryl methyl sites for hydroxylation is 1. The normalized spacial score (nSPS) is 15.2. The Labute approximate surface area is 109 Å². The molecule has 1 heterocycles. The van der Waals surface area contributed by atoms with Gasteiger partial charge in [0.25, 0.3) is 0 Å². The second kappa shape index (κ2) is 4.28. The minimum atomic E-state index is -0.796. The molecular weight excluding hydrogens is 252 g/mol. The molecule has 18 heavy (non-hydrogen) atoms. The van der Waals surface area contributed by atoms with Gasteiger partial charge >= 0.3 is 5.97 Å². The minimum Gasteiger partial charge on any atom is -0.481 e. The fourth-order valence-electron chi connectivity index (χ4n) is 2.28. The van der Waals surface area contributed by atoms with Gasteiger partial charge in [-0.1, -0.05) is 17.7 Å². The van der Waals surface area contributed by atoms with Crippen molar-refractivity contribution in [1.29, 1.82) is 0 Å². The van der Waals surface area contributed by atoms with E-state index >= 15 is 0 Å². The SMILES string of the molecule is O=C(O)CCc1nc2cccc(Cl)c2n1C1CC1. The van der Waals surface area contributed by atoms with Gasteiger partial charge in [-0.2, -0.15) is 0 Å². The number of aliphatic carboxylic acids is 1. The van der Waals surface area contributed by atoms with Gasteiger partial charge in [0.2, 0.25) is 0 Å². The Kier molecular flexibility index (Phi) is 2.74. The number of rotatable bonds is 4. The zero-order valence-electron chi connectivity index (χ0n) is 9.77. The first-order valence-corrected chi connectivity index (χ1v) is 6.41. The van der Waals surface area contributed by atoms with E-state index in [4.69, 9.17) is 16.7 Å². The van der Waals surface area contributed by atoms with Crippen molar-refractivity contribution in [2.24, 2.45) is 0 Å². The molecule has 0 radical (unpaired) electrons. The highest BCUT2D eigenvalue weighted by atomic mass is 35.5. The molecule has 1 N–H and O–H groups in total. The molecule has 0 aliphatic heterocycles. The Morgan fingerprint density at radius 3 is 2.94 bits per heavy atom. The van der Waals surface area contributed by atoms with Crippen molar-refractivity contribution in [2.45, 2.75) is 31.7 Å². The zero-order chi connectivity index (χ0) is 12.7. The van der Waals surface area contributed by atoms with E-state index in [2.05, 4.69) is 9.55 Å². The number of carboxylic acids is 1.